The first-order chi connectivity index (χ1) is 5.25. The first-order valence-electron chi connectivity index (χ1n) is 3.12. The molecule has 0 fully saturated rings. The van der Waals surface area contributed by atoms with Crippen molar-refractivity contribution in [3.63, 3.8) is 0 Å². The molecule has 3 nitrogen and oxygen atoms in total. The summed E-state index contributed by atoms with van der Waals surface area (Å²) in [6.45, 7) is 0. The Bertz CT molecular complexity index is 273. The van der Waals surface area contributed by atoms with E-state index in [-0.39, 0.29) is 23.7 Å². The molecule has 0 radical (unpaired) electrons. The number of aromatic hydroxyl groups is 1. The topological polar surface area (TPSA) is 46.5 Å². The number of hydrogen-bond acceptors (Lipinski definition) is 3. The van der Waals surface area contributed by atoms with Crippen LogP contribution in [0.2, 0.25) is 0 Å². The Labute approximate surface area is 76.4 Å². The molecule has 0 saturated carbocycles. The number of phenolic OH excluding ortho intramolecular Hbond substituents is 1. The molecule has 0 saturated heterocycles. The quantitative estimate of drug-likeness (QED) is 0.681. The molecule has 0 amide bonds. The summed E-state index contributed by atoms with van der Waals surface area (Å²) in [5, 5.41) is 9.11. The summed E-state index contributed by atoms with van der Waals surface area (Å²) >= 11 is 0. The molecule has 0 aliphatic rings. The lowest BCUT2D eigenvalue weighted by atomic mass is 10.2. The van der Waals surface area contributed by atoms with E-state index in [2.05, 4.69) is 4.74 Å². The fraction of sp³-hybridized carbons (Fsp3) is 0.125. The lowest BCUT2D eigenvalue weighted by Gasteiger charge is -1.99. The zero-order valence-corrected chi connectivity index (χ0v) is 7.30. The summed E-state index contributed by atoms with van der Waals surface area (Å²) in [6, 6.07) is 6.24. The Balaban J connectivity index is 0.00000121. The zero-order valence-electron chi connectivity index (χ0n) is 6.48. The van der Waals surface area contributed by atoms with Crippen LogP contribution >= 0.6 is 12.4 Å². The van der Waals surface area contributed by atoms with Crippen molar-refractivity contribution in [1.82, 2.24) is 0 Å². The smallest absolute Gasteiger partial charge is 0.341 e. The highest BCUT2D eigenvalue weighted by Crippen LogP contribution is 2.15. The largest absolute Gasteiger partial charge is 0.507 e. The van der Waals surface area contributed by atoms with E-state index in [1.54, 1.807) is 12.1 Å². The summed E-state index contributed by atoms with van der Waals surface area (Å²) in [5.41, 5.74) is 0.190. The number of rotatable bonds is 1. The predicted molar refractivity (Wildman–Crippen MR) is 46.7 cm³/mol. The highest BCUT2D eigenvalue weighted by atomic mass is 35.5. The second-order valence-corrected chi connectivity index (χ2v) is 2.01. The van der Waals surface area contributed by atoms with Gasteiger partial charge in [0, 0.05) is 0 Å². The average Bonchev–Trinajstić information content (AvgIpc) is 2.04. The molecule has 66 valence electrons. The Morgan fingerprint density at radius 2 is 2.00 bits per heavy atom. The molecule has 4 heteroatoms. The summed E-state index contributed by atoms with van der Waals surface area (Å²) in [6.07, 6.45) is 0. The van der Waals surface area contributed by atoms with E-state index < -0.39 is 5.97 Å². The molecule has 12 heavy (non-hydrogen) atoms. The lowest BCUT2D eigenvalue weighted by molar-refractivity contribution is 0.0597. The normalized spacial score (nSPS) is 8.42. The minimum Gasteiger partial charge on any atom is -0.507 e. The minimum absolute atomic E-state index is 0. The molecule has 0 aliphatic heterocycles. The van der Waals surface area contributed by atoms with Gasteiger partial charge in [0.1, 0.15) is 11.3 Å². The second kappa shape index (κ2) is 4.62. The molecule has 0 unspecified atom stereocenters. The Kier molecular flexibility index (Phi) is 4.15. The molecule has 1 aromatic rings. The molecule has 0 aromatic heterocycles. The van der Waals surface area contributed by atoms with Crippen LogP contribution in [0.25, 0.3) is 0 Å². The van der Waals surface area contributed by atoms with Gasteiger partial charge in [0.15, 0.2) is 0 Å². The SMILES string of the molecule is COC(=O)c1ccccc1O.Cl. The lowest BCUT2D eigenvalue weighted by Crippen LogP contribution is -2.00. The summed E-state index contributed by atoms with van der Waals surface area (Å²) in [5.74, 6) is -0.581. The third-order valence-electron chi connectivity index (χ3n) is 1.31. The van der Waals surface area contributed by atoms with E-state index in [1.807, 2.05) is 0 Å². The average molecular weight is 189 g/mol. The van der Waals surface area contributed by atoms with Gasteiger partial charge in [-0.3, -0.25) is 0 Å². The first kappa shape index (κ1) is 10.8. The Hall–Kier alpha value is -1.22. The molecule has 0 aliphatic carbocycles. The van der Waals surface area contributed by atoms with Gasteiger partial charge >= 0.3 is 5.97 Å². The summed E-state index contributed by atoms with van der Waals surface area (Å²) in [7, 11) is 1.27. The Morgan fingerprint density at radius 3 is 2.50 bits per heavy atom. The van der Waals surface area contributed by atoms with E-state index in [0.717, 1.165) is 0 Å². The molecule has 0 spiro atoms. The van der Waals surface area contributed by atoms with Gasteiger partial charge in [-0.2, -0.15) is 0 Å². The number of carbonyl (C=O) groups excluding carboxylic acids is 1. The van der Waals surface area contributed by atoms with Gasteiger partial charge in [0.2, 0.25) is 0 Å². The van der Waals surface area contributed by atoms with Crippen LogP contribution in [0.1, 0.15) is 10.4 Å². The third kappa shape index (κ3) is 2.13. The Morgan fingerprint density at radius 1 is 1.42 bits per heavy atom. The number of phenols is 1. The number of methoxy groups -OCH3 is 1. The van der Waals surface area contributed by atoms with Gasteiger partial charge in [-0.25, -0.2) is 4.79 Å². The highest BCUT2D eigenvalue weighted by molar-refractivity contribution is 5.92. The van der Waals surface area contributed by atoms with E-state index in [9.17, 15) is 4.79 Å². The highest BCUT2D eigenvalue weighted by Gasteiger charge is 2.08. The number of benzene rings is 1. The number of hydrogen-bond donors (Lipinski definition) is 1. The van der Waals surface area contributed by atoms with E-state index in [1.165, 1.54) is 19.2 Å². The molecule has 0 heterocycles. The van der Waals surface area contributed by atoms with Gasteiger partial charge < -0.3 is 9.84 Å². The maximum Gasteiger partial charge on any atom is 0.341 e. The predicted octanol–water partition coefficient (Wildman–Crippen LogP) is 1.60. The standard InChI is InChI=1S/C8H8O3.ClH/c1-11-8(10)6-4-2-3-5-7(6)9;/h2-5,9H,1H3;1H. The maximum atomic E-state index is 10.9. The van der Waals surface area contributed by atoms with Crippen LogP contribution < -0.4 is 0 Å². The van der Waals surface area contributed by atoms with Crippen molar-refractivity contribution >= 4 is 18.4 Å². The van der Waals surface area contributed by atoms with Crippen molar-refractivity contribution in [2.75, 3.05) is 7.11 Å². The molecule has 1 N–H and O–H groups in total. The van der Waals surface area contributed by atoms with E-state index in [0.29, 0.717) is 0 Å². The number of ether oxygens (including phenoxy) is 1. The molecule has 1 aromatic carbocycles. The second-order valence-electron chi connectivity index (χ2n) is 2.01. The van der Waals surface area contributed by atoms with Crippen molar-refractivity contribution in [3.8, 4) is 5.75 Å². The van der Waals surface area contributed by atoms with Gasteiger partial charge in [-0.15, -0.1) is 12.4 Å². The van der Waals surface area contributed by atoms with Gasteiger partial charge in [-0.05, 0) is 12.1 Å². The molecular weight excluding hydrogens is 180 g/mol. The maximum absolute atomic E-state index is 10.9. The van der Waals surface area contributed by atoms with Crippen molar-refractivity contribution in [2.24, 2.45) is 0 Å². The van der Waals surface area contributed by atoms with Crippen LogP contribution in [0, 0.1) is 0 Å². The zero-order chi connectivity index (χ0) is 8.27. The van der Waals surface area contributed by atoms with Crippen LogP contribution in [0.3, 0.4) is 0 Å². The van der Waals surface area contributed by atoms with Crippen LogP contribution in [-0.2, 0) is 4.74 Å². The first-order valence-corrected chi connectivity index (χ1v) is 3.12. The third-order valence-corrected chi connectivity index (χ3v) is 1.31. The van der Waals surface area contributed by atoms with Gasteiger partial charge in [0.25, 0.3) is 0 Å². The number of esters is 1. The fourth-order valence-electron chi connectivity index (χ4n) is 0.756. The fourth-order valence-corrected chi connectivity index (χ4v) is 0.756. The molecular formula is C8H9ClO3. The van der Waals surface area contributed by atoms with Crippen LogP contribution in [0.4, 0.5) is 0 Å². The van der Waals surface area contributed by atoms with Crippen LogP contribution in [0.15, 0.2) is 24.3 Å². The van der Waals surface area contributed by atoms with E-state index >= 15 is 0 Å². The molecule has 0 atom stereocenters. The van der Waals surface area contributed by atoms with Crippen molar-refractivity contribution in [3.05, 3.63) is 29.8 Å². The van der Waals surface area contributed by atoms with Crippen molar-refractivity contribution in [2.45, 2.75) is 0 Å². The number of para-hydroxylation sites is 1. The number of carbonyl (C=O) groups is 1. The summed E-state index contributed by atoms with van der Waals surface area (Å²) in [4.78, 5) is 10.9. The molecule has 1 rings (SSSR count). The monoisotopic (exact) mass is 188 g/mol. The van der Waals surface area contributed by atoms with Gasteiger partial charge in [0.05, 0.1) is 7.11 Å². The van der Waals surface area contributed by atoms with E-state index in [4.69, 9.17) is 5.11 Å². The van der Waals surface area contributed by atoms with Crippen LogP contribution in [-0.4, -0.2) is 18.2 Å². The minimum atomic E-state index is -0.525. The molecule has 0 bridgehead atoms. The van der Waals surface area contributed by atoms with Gasteiger partial charge in [-0.1, -0.05) is 12.1 Å². The van der Waals surface area contributed by atoms with Crippen LogP contribution in [0.5, 0.6) is 5.75 Å². The summed E-state index contributed by atoms with van der Waals surface area (Å²) < 4.78 is 4.42. The number of halogens is 1. The van der Waals surface area contributed by atoms with Crippen molar-refractivity contribution in [1.29, 1.82) is 0 Å². The van der Waals surface area contributed by atoms with Crippen molar-refractivity contribution < 1.29 is 14.6 Å².